The molecule has 3 aromatic rings. The van der Waals surface area contributed by atoms with Crippen LogP contribution in [0, 0.1) is 0 Å². The number of anilines is 2. The van der Waals surface area contributed by atoms with Crippen molar-refractivity contribution in [3.05, 3.63) is 90.0 Å². The maximum Gasteiger partial charge on any atom is 0.573 e. The Morgan fingerprint density at radius 3 is 2.37 bits per heavy atom. The molecule has 1 heterocycles. The standard InChI is InChI=1S/C24H21F3N4O4/c1-3-31(2)22-17(13-21(32)33)14-28-20(30-22)12-15-4-8-18(9-5-15)29-23(34)16-6-10-19(11-7-16)35-24(25,26)27/h3-11,14H,1,12-13H2,2H3,(H,29,34)(H,32,33). The lowest BCUT2D eigenvalue weighted by Gasteiger charge is -2.17. The molecule has 0 spiro atoms. The van der Waals surface area contributed by atoms with Crippen LogP contribution in [0.4, 0.5) is 24.7 Å². The molecule has 0 bridgehead atoms. The molecular formula is C24H21F3N4O4. The lowest BCUT2D eigenvalue weighted by atomic mass is 10.1. The lowest BCUT2D eigenvalue weighted by Crippen LogP contribution is -2.17. The van der Waals surface area contributed by atoms with Crippen molar-refractivity contribution < 1.29 is 32.6 Å². The summed E-state index contributed by atoms with van der Waals surface area (Å²) in [7, 11) is 1.71. The van der Waals surface area contributed by atoms with E-state index in [0.29, 0.717) is 29.3 Å². The van der Waals surface area contributed by atoms with Crippen molar-refractivity contribution >= 4 is 23.4 Å². The molecule has 0 fully saturated rings. The summed E-state index contributed by atoms with van der Waals surface area (Å²) in [6.45, 7) is 3.68. The molecule has 2 aromatic carbocycles. The lowest BCUT2D eigenvalue weighted by molar-refractivity contribution is -0.274. The number of ether oxygens (including phenoxy) is 1. The van der Waals surface area contributed by atoms with Crippen molar-refractivity contribution in [3.63, 3.8) is 0 Å². The van der Waals surface area contributed by atoms with E-state index in [1.54, 1.807) is 36.2 Å². The van der Waals surface area contributed by atoms with Gasteiger partial charge >= 0.3 is 12.3 Å². The Bertz CT molecular complexity index is 1210. The van der Waals surface area contributed by atoms with Crippen LogP contribution in [-0.2, 0) is 17.6 Å². The first-order valence-corrected chi connectivity index (χ1v) is 10.2. The monoisotopic (exact) mass is 486 g/mol. The van der Waals surface area contributed by atoms with Crippen LogP contribution >= 0.6 is 0 Å². The number of carbonyl (C=O) groups excluding carboxylic acids is 1. The summed E-state index contributed by atoms with van der Waals surface area (Å²) in [4.78, 5) is 33.8. The fourth-order valence-electron chi connectivity index (χ4n) is 3.10. The normalized spacial score (nSPS) is 11.0. The molecule has 1 aromatic heterocycles. The maximum atomic E-state index is 12.4. The number of alkyl halides is 3. The molecule has 2 N–H and O–H groups in total. The first-order chi connectivity index (χ1) is 16.5. The Morgan fingerprint density at radius 1 is 1.14 bits per heavy atom. The Balaban J connectivity index is 1.66. The molecule has 35 heavy (non-hydrogen) atoms. The van der Waals surface area contributed by atoms with Crippen LogP contribution in [0.3, 0.4) is 0 Å². The Hall–Kier alpha value is -4.41. The van der Waals surface area contributed by atoms with Gasteiger partial charge in [-0.1, -0.05) is 18.7 Å². The smallest absolute Gasteiger partial charge is 0.481 e. The fraction of sp³-hybridized carbons (Fsp3) is 0.167. The number of carbonyl (C=O) groups is 2. The number of hydrogen-bond donors (Lipinski definition) is 2. The van der Waals surface area contributed by atoms with E-state index >= 15 is 0 Å². The quantitative estimate of drug-likeness (QED) is 0.461. The highest BCUT2D eigenvalue weighted by molar-refractivity contribution is 6.04. The number of aliphatic carboxylic acids is 1. The predicted octanol–water partition coefficient (Wildman–Crippen LogP) is 4.43. The van der Waals surface area contributed by atoms with E-state index in [9.17, 15) is 22.8 Å². The van der Waals surface area contributed by atoms with Crippen LogP contribution in [0.1, 0.15) is 27.3 Å². The molecule has 0 saturated heterocycles. The van der Waals surface area contributed by atoms with Crippen molar-refractivity contribution in [2.45, 2.75) is 19.2 Å². The van der Waals surface area contributed by atoms with Crippen LogP contribution in [0.25, 0.3) is 0 Å². The molecule has 11 heteroatoms. The highest BCUT2D eigenvalue weighted by atomic mass is 19.4. The topological polar surface area (TPSA) is 105 Å². The SMILES string of the molecule is C=CN(C)c1nc(Cc2ccc(NC(=O)c3ccc(OC(F)(F)F)cc3)cc2)ncc1CC(=O)O. The second kappa shape index (κ2) is 10.7. The first kappa shape index (κ1) is 25.2. The average molecular weight is 486 g/mol. The number of rotatable bonds is 9. The molecule has 0 aliphatic rings. The summed E-state index contributed by atoms with van der Waals surface area (Å²) in [5.41, 5.74) is 1.95. The van der Waals surface area contributed by atoms with Gasteiger partial charge in [-0.3, -0.25) is 9.59 Å². The minimum atomic E-state index is -4.81. The summed E-state index contributed by atoms with van der Waals surface area (Å²) in [6.07, 6.45) is -1.67. The number of carboxylic acid groups (broad SMARTS) is 1. The molecule has 0 atom stereocenters. The molecule has 0 aliphatic carbocycles. The largest absolute Gasteiger partial charge is 0.573 e. The number of hydrogen-bond acceptors (Lipinski definition) is 6. The van der Waals surface area contributed by atoms with Gasteiger partial charge < -0.3 is 20.1 Å². The molecule has 0 saturated carbocycles. The zero-order valence-corrected chi connectivity index (χ0v) is 18.5. The third-order valence-electron chi connectivity index (χ3n) is 4.77. The molecule has 0 aliphatic heterocycles. The maximum absolute atomic E-state index is 12.4. The summed E-state index contributed by atoms with van der Waals surface area (Å²) in [6, 6.07) is 11.5. The van der Waals surface area contributed by atoms with Gasteiger partial charge in [0, 0.05) is 36.5 Å². The van der Waals surface area contributed by atoms with Gasteiger partial charge in [0.15, 0.2) is 0 Å². The molecule has 3 rings (SSSR count). The Kier molecular flexibility index (Phi) is 7.69. The fourth-order valence-corrected chi connectivity index (χ4v) is 3.10. The first-order valence-electron chi connectivity index (χ1n) is 10.2. The molecular weight excluding hydrogens is 465 g/mol. The van der Waals surface area contributed by atoms with Crippen LogP contribution < -0.4 is 15.0 Å². The number of amides is 1. The van der Waals surface area contributed by atoms with Gasteiger partial charge in [-0.05, 0) is 48.2 Å². The van der Waals surface area contributed by atoms with Crippen molar-refractivity contribution in [1.82, 2.24) is 9.97 Å². The summed E-state index contributed by atoms with van der Waals surface area (Å²) in [5, 5.41) is 11.8. The summed E-state index contributed by atoms with van der Waals surface area (Å²) >= 11 is 0. The van der Waals surface area contributed by atoms with Crippen molar-refractivity contribution in [2.75, 3.05) is 17.3 Å². The highest BCUT2D eigenvalue weighted by Gasteiger charge is 2.31. The third-order valence-corrected chi connectivity index (χ3v) is 4.77. The molecule has 182 valence electrons. The van der Waals surface area contributed by atoms with Gasteiger partial charge in [0.2, 0.25) is 0 Å². The van der Waals surface area contributed by atoms with Gasteiger partial charge in [0.1, 0.15) is 17.4 Å². The second-order valence-electron chi connectivity index (χ2n) is 7.40. The van der Waals surface area contributed by atoms with Crippen LogP contribution in [-0.4, -0.2) is 40.4 Å². The van der Waals surface area contributed by atoms with E-state index in [1.165, 1.54) is 24.5 Å². The van der Waals surface area contributed by atoms with Crippen molar-refractivity contribution in [1.29, 1.82) is 0 Å². The van der Waals surface area contributed by atoms with Crippen molar-refractivity contribution in [2.24, 2.45) is 0 Å². The van der Waals surface area contributed by atoms with Gasteiger partial charge in [-0.15, -0.1) is 13.2 Å². The molecule has 0 unspecified atom stereocenters. The van der Waals surface area contributed by atoms with E-state index < -0.39 is 24.0 Å². The number of carboxylic acids is 1. The zero-order chi connectivity index (χ0) is 25.6. The van der Waals surface area contributed by atoms with Gasteiger partial charge in [0.25, 0.3) is 5.91 Å². The summed E-state index contributed by atoms with van der Waals surface area (Å²) in [5.74, 6) is -0.989. The van der Waals surface area contributed by atoms with Crippen LogP contribution in [0.2, 0.25) is 0 Å². The number of nitrogens with zero attached hydrogens (tertiary/aromatic N) is 3. The van der Waals surface area contributed by atoms with E-state index in [1.807, 2.05) is 0 Å². The van der Waals surface area contributed by atoms with E-state index in [4.69, 9.17) is 5.11 Å². The third kappa shape index (κ3) is 7.29. The van der Waals surface area contributed by atoms with Gasteiger partial charge in [0.05, 0.1) is 6.42 Å². The Labute approximate surface area is 198 Å². The van der Waals surface area contributed by atoms with E-state index in [0.717, 1.165) is 17.7 Å². The zero-order valence-electron chi connectivity index (χ0n) is 18.5. The molecule has 0 radical (unpaired) electrons. The number of nitrogens with one attached hydrogen (secondary N) is 1. The van der Waals surface area contributed by atoms with Gasteiger partial charge in [-0.25, -0.2) is 9.97 Å². The minimum absolute atomic E-state index is 0.164. The van der Waals surface area contributed by atoms with Crippen LogP contribution in [0.5, 0.6) is 5.75 Å². The summed E-state index contributed by atoms with van der Waals surface area (Å²) < 4.78 is 40.6. The molecule has 1 amide bonds. The second-order valence-corrected chi connectivity index (χ2v) is 7.40. The van der Waals surface area contributed by atoms with Crippen molar-refractivity contribution in [3.8, 4) is 5.75 Å². The molecule has 8 nitrogen and oxygen atoms in total. The van der Waals surface area contributed by atoms with E-state index in [2.05, 4.69) is 26.6 Å². The predicted molar refractivity (Wildman–Crippen MR) is 122 cm³/mol. The number of halogens is 3. The Morgan fingerprint density at radius 2 is 1.80 bits per heavy atom. The highest BCUT2D eigenvalue weighted by Crippen LogP contribution is 2.23. The number of benzene rings is 2. The average Bonchev–Trinajstić information content (AvgIpc) is 2.80. The van der Waals surface area contributed by atoms with E-state index in [-0.39, 0.29) is 12.0 Å². The minimum Gasteiger partial charge on any atom is -0.481 e. The van der Waals surface area contributed by atoms with Crippen LogP contribution in [0.15, 0.2) is 67.5 Å². The van der Waals surface area contributed by atoms with Gasteiger partial charge in [-0.2, -0.15) is 0 Å². The number of aromatic nitrogens is 2.